The van der Waals surface area contributed by atoms with E-state index in [9.17, 15) is 4.79 Å². The zero-order valence-corrected chi connectivity index (χ0v) is 9.23. The Hall–Kier alpha value is -1.51. The molecule has 0 unspecified atom stereocenters. The first-order chi connectivity index (χ1) is 7.18. The summed E-state index contributed by atoms with van der Waals surface area (Å²) in [6.45, 7) is 3.73. The van der Waals surface area contributed by atoms with Crippen LogP contribution in [0.15, 0.2) is 24.3 Å². The largest absolute Gasteiger partial charge is 0.327 e. The van der Waals surface area contributed by atoms with E-state index in [1.807, 2.05) is 37.1 Å². The minimum Gasteiger partial charge on any atom is -0.327 e. The SMILES string of the molecule is Cc1cccc(N2CCCN(C)C2=O)c1. The maximum Gasteiger partial charge on any atom is 0.324 e. The van der Waals surface area contributed by atoms with Gasteiger partial charge >= 0.3 is 6.03 Å². The molecular formula is C12H16N2O. The first-order valence-corrected chi connectivity index (χ1v) is 5.28. The van der Waals surface area contributed by atoms with Crippen molar-refractivity contribution in [3.8, 4) is 0 Å². The zero-order valence-electron chi connectivity index (χ0n) is 9.23. The summed E-state index contributed by atoms with van der Waals surface area (Å²) in [5.41, 5.74) is 2.19. The highest BCUT2D eigenvalue weighted by Crippen LogP contribution is 2.20. The molecule has 0 aliphatic carbocycles. The van der Waals surface area contributed by atoms with Crippen LogP contribution in [0.4, 0.5) is 10.5 Å². The van der Waals surface area contributed by atoms with Crippen molar-refractivity contribution < 1.29 is 4.79 Å². The molecule has 1 aromatic carbocycles. The van der Waals surface area contributed by atoms with E-state index in [2.05, 4.69) is 6.07 Å². The van der Waals surface area contributed by atoms with Gasteiger partial charge in [-0.3, -0.25) is 4.90 Å². The Morgan fingerprint density at radius 1 is 1.27 bits per heavy atom. The molecule has 2 amide bonds. The van der Waals surface area contributed by atoms with Crippen molar-refractivity contribution in [2.24, 2.45) is 0 Å². The van der Waals surface area contributed by atoms with E-state index in [1.165, 1.54) is 5.56 Å². The van der Waals surface area contributed by atoms with Gasteiger partial charge in [0.1, 0.15) is 0 Å². The molecule has 2 rings (SSSR count). The van der Waals surface area contributed by atoms with Gasteiger partial charge in [-0.2, -0.15) is 0 Å². The Bertz CT molecular complexity index is 376. The van der Waals surface area contributed by atoms with Crippen LogP contribution in [-0.4, -0.2) is 31.1 Å². The first kappa shape index (κ1) is 10.0. The first-order valence-electron chi connectivity index (χ1n) is 5.28. The molecule has 0 bridgehead atoms. The smallest absolute Gasteiger partial charge is 0.324 e. The van der Waals surface area contributed by atoms with Crippen molar-refractivity contribution in [2.75, 3.05) is 25.0 Å². The number of amides is 2. The van der Waals surface area contributed by atoms with E-state index in [-0.39, 0.29) is 6.03 Å². The molecule has 3 heteroatoms. The van der Waals surface area contributed by atoms with Crippen molar-refractivity contribution in [3.63, 3.8) is 0 Å². The normalized spacial score (nSPS) is 17.1. The van der Waals surface area contributed by atoms with Crippen molar-refractivity contribution in [1.82, 2.24) is 4.90 Å². The van der Waals surface area contributed by atoms with Crippen molar-refractivity contribution in [2.45, 2.75) is 13.3 Å². The third-order valence-electron chi connectivity index (χ3n) is 2.75. The Balaban J connectivity index is 2.26. The Labute approximate surface area is 90.3 Å². The minimum atomic E-state index is 0.104. The molecule has 0 aromatic heterocycles. The fourth-order valence-electron chi connectivity index (χ4n) is 1.90. The van der Waals surface area contributed by atoms with Crippen LogP contribution in [0.25, 0.3) is 0 Å². The van der Waals surface area contributed by atoms with Crippen molar-refractivity contribution in [3.05, 3.63) is 29.8 Å². The molecule has 0 saturated carbocycles. The average molecular weight is 204 g/mol. The summed E-state index contributed by atoms with van der Waals surface area (Å²) in [6.07, 6.45) is 1.04. The van der Waals surface area contributed by atoms with Crippen LogP contribution in [0.3, 0.4) is 0 Å². The predicted molar refractivity (Wildman–Crippen MR) is 61.2 cm³/mol. The van der Waals surface area contributed by atoms with E-state index >= 15 is 0 Å². The van der Waals surface area contributed by atoms with Crippen LogP contribution in [0.1, 0.15) is 12.0 Å². The molecule has 3 nitrogen and oxygen atoms in total. The van der Waals surface area contributed by atoms with Gasteiger partial charge in [0.2, 0.25) is 0 Å². The van der Waals surface area contributed by atoms with E-state index in [0.717, 1.165) is 25.2 Å². The van der Waals surface area contributed by atoms with Gasteiger partial charge in [0.15, 0.2) is 0 Å². The molecule has 1 aromatic rings. The van der Waals surface area contributed by atoms with Gasteiger partial charge in [0, 0.05) is 25.8 Å². The third-order valence-corrected chi connectivity index (χ3v) is 2.75. The second kappa shape index (κ2) is 3.93. The van der Waals surface area contributed by atoms with Crippen molar-refractivity contribution >= 4 is 11.7 Å². The summed E-state index contributed by atoms with van der Waals surface area (Å²) in [6, 6.07) is 8.18. The van der Waals surface area contributed by atoms with Gasteiger partial charge in [0.25, 0.3) is 0 Å². The number of aryl methyl sites for hydroxylation is 1. The Kier molecular flexibility index (Phi) is 2.62. The third kappa shape index (κ3) is 1.96. The topological polar surface area (TPSA) is 23.6 Å². The van der Waals surface area contributed by atoms with E-state index in [4.69, 9.17) is 0 Å². The van der Waals surface area contributed by atoms with E-state index in [1.54, 1.807) is 4.90 Å². The average Bonchev–Trinajstić information content (AvgIpc) is 2.22. The highest BCUT2D eigenvalue weighted by Gasteiger charge is 2.23. The lowest BCUT2D eigenvalue weighted by Gasteiger charge is -2.33. The maximum atomic E-state index is 11.9. The molecule has 0 atom stereocenters. The number of hydrogen-bond donors (Lipinski definition) is 0. The lowest BCUT2D eigenvalue weighted by atomic mass is 10.2. The Morgan fingerprint density at radius 3 is 2.80 bits per heavy atom. The second-order valence-corrected chi connectivity index (χ2v) is 4.05. The number of urea groups is 1. The monoisotopic (exact) mass is 204 g/mol. The minimum absolute atomic E-state index is 0.104. The molecule has 1 fully saturated rings. The summed E-state index contributed by atoms with van der Waals surface area (Å²) in [5.74, 6) is 0. The van der Waals surface area contributed by atoms with E-state index in [0.29, 0.717) is 0 Å². The summed E-state index contributed by atoms with van der Waals surface area (Å²) < 4.78 is 0. The number of carbonyl (C=O) groups is 1. The molecule has 80 valence electrons. The summed E-state index contributed by atoms with van der Waals surface area (Å²) in [4.78, 5) is 15.5. The number of hydrogen-bond acceptors (Lipinski definition) is 1. The van der Waals surface area contributed by atoms with Crippen LogP contribution in [0.5, 0.6) is 0 Å². The van der Waals surface area contributed by atoms with Gasteiger partial charge in [-0.25, -0.2) is 4.79 Å². The van der Waals surface area contributed by atoms with Crippen LogP contribution < -0.4 is 4.90 Å². The Morgan fingerprint density at radius 2 is 2.07 bits per heavy atom. The second-order valence-electron chi connectivity index (χ2n) is 4.05. The zero-order chi connectivity index (χ0) is 10.8. The van der Waals surface area contributed by atoms with Gasteiger partial charge in [-0.1, -0.05) is 12.1 Å². The number of nitrogens with zero attached hydrogens (tertiary/aromatic N) is 2. The highest BCUT2D eigenvalue weighted by molar-refractivity contribution is 5.92. The number of rotatable bonds is 1. The number of benzene rings is 1. The molecule has 0 N–H and O–H groups in total. The lowest BCUT2D eigenvalue weighted by Crippen LogP contribution is -2.47. The van der Waals surface area contributed by atoms with Crippen LogP contribution >= 0.6 is 0 Å². The molecule has 1 aliphatic rings. The lowest BCUT2D eigenvalue weighted by molar-refractivity contribution is 0.207. The summed E-state index contributed by atoms with van der Waals surface area (Å²) in [5, 5.41) is 0. The fraction of sp³-hybridized carbons (Fsp3) is 0.417. The molecular weight excluding hydrogens is 188 g/mol. The molecule has 0 spiro atoms. The van der Waals surface area contributed by atoms with Gasteiger partial charge in [-0.15, -0.1) is 0 Å². The van der Waals surface area contributed by atoms with Crippen LogP contribution in [0, 0.1) is 6.92 Å². The van der Waals surface area contributed by atoms with Gasteiger partial charge < -0.3 is 4.90 Å². The predicted octanol–water partition coefficient (Wildman–Crippen LogP) is 2.26. The molecule has 1 heterocycles. The standard InChI is InChI=1S/C12H16N2O/c1-10-5-3-6-11(9-10)14-8-4-7-13(2)12(14)15/h3,5-6,9H,4,7-8H2,1-2H3. The molecule has 1 aliphatic heterocycles. The summed E-state index contributed by atoms with van der Waals surface area (Å²) in [7, 11) is 1.85. The van der Waals surface area contributed by atoms with Crippen molar-refractivity contribution in [1.29, 1.82) is 0 Å². The van der Waals surface area contributed by atoms with Gasteiger partial charge in [-0.05, 0) is 31.0 Å². The fourth-order valence-corrected chi connectivity index (χ4v) is 1.90. The highest BCUT2D eigenvalue weighted by atomic mass is 16.2. The quantitative estimate of drug-likeness (QED) is 0.688. The van der Waals surface area contributed by atoms with Crippen LogP contribution in [-0.2, 0) is 0 Å². The summed E-state index contributed by atoms with van der Waals surface area (Å²) >= 11 is 0. The molecule has 0 radical (unpaired) electrons. The van der Waals surface area contributed by atoms with Crippen LogP contribution in [0.2, 0.25) is 0 Å². The number of carbonyl (C=O) groups excluding carboxylic acids is 1. The number of anilines is 1. The molecule has 1 saturated heterocycles. The van der Waals surface area contributed by atoms with Gasteiger partial charge in [0.05, 0.1) is 0 Å². The van der Waals surface area contributed by atoms with E-state index < -0.39 is 0 Å². The maximum absolute atomic E-state index is 11.9. The molecule has 15 heavy (non-hydrogen) atoms.